The highest BCUT2D eigenvalue weighted by Gasteiger charge is 2.28. The molecule has 0 radical (unpaired) electrons. The van der Waals surface area contributed by atoms with Crippen LogP contribution in [0.2, 0.25) is 0 Å². The SMILES string of the molecule is N[C@@H](CCC(F)(F)F)c1cc([N+](=O)[O-])ccc1F. The first kappa shape index (κ1) is 14.4. The van der Waals surface area contributed by atoms with Crippen molar-refractivity contribution in [2.75, 3.05) is 0 Å². The van der Waals surface area contributed by atoms with Gasteiger partial charge in [0.05, 0.1) is 4.92 Å². The average molecular weight is 266 g/mol. The van der Waals surface area contributed by atoms with E-state index in [4.69, 9.17) is 5.73 Å². The number of nitro benzene ring substituents is 1. The van der Waals surface area contributed by atoms with Gasteiger partial charge in [-0.15, -0.1) is 0 Å². The van der Waals surface area contributed by atoms with Crippen LogP contribution in [-0.4, -0.2) is 11.1 Å². The minimum absolute atomic E-state index is 0.284. The van der Waals surface area contributed by atoms with E-state index < -0.39 is 41.5 Å². The van der Waals surface area contributed by atoms with Crippen molar-refractivity contribution in [3.05, 3.63) is 39.7 Å². The smallest absolute Gasteiger partial charge is 0.324 e. The fourth-order valence-corrected chi connectivity index (χ4v) is 1.40. The van der Waals surface area contributed by atoms with E-state index in [9.17, 15) is 27.7 Å². The van der Waals surface area contributed by atoms with E-state index in [2.05, 4.69) is 0 Å². The normalized spacial score (nSPS) is 13.4. The van der Waals surface area contributed by atoms with Gasteiger partial charge in [-0.3, -0.25) is 10.1 Å². The number of benzene rings is 1. The van der Waals surface area contributed by atoms with Crippen LogP contribution < -0.4 is 5.73 Å². The first-order valence-electron chi connectivity index (χ1n) is 4.97. The zero-order chi connectivity index (χ0) is 13.9. The molecule has 1 rings (SSSR count). The maximum absolute atomic E-state index is 13.3. The highest BCUT2D eigenvalue weighted by Crippen LogP contribution is 2.29. The Morgan fingerprint density at radius 1 is 1.39 bits per heavy atom. The van der Waals surface area contributed by atoms with E-state index in [-0.39, 0.29) is 5.56 Å². The van der Waals surface area contributed by atoms with Crippen LogP contribution >= 0.6 is 0 Å². The summed E-state index contributed by atoms with van der Waals surface area (Å²) in [5.74, 6) is -0.852. The lowest BCUT2D eigenvalue weighted by atomic mass is 10.0. The number of nitrogens with two attached hydrogens (primary N) is 1. The van der Waals surface area contributed by atoms with Crippen LogP contribution in [-0.2, 0) is 0 Å². The summed E-state index contributed by atoms with van der Waals surface area (Å²) in [6.07, 6.45) is -6.09. The Morgan fingerprint density at radius 3 is 2.50 bits per heavy atom. The lowest BCUT2D eigenvalue weighted by Gasteiger charge is -2.14. The molecule has 100 valence electrons. The van der Waals surface area contributed by atoms with Crippen molar-refractivity contribution < 1.29 is 22.5 Å². The number of hydrogen-bond donors (Lipinski definition) is 1. The first-order chi connectivity index (χ1) is 8.20. The maximum atomic E-state index is 13.3. The van der Waals surface area contributed by atoms with Crippen LogP contribution in [0.4, 0.5) is 23.2 Å². The van der Waals surface area contributed by atoms with Crippen LogP contribution in [0.15, 0.2) is 18.2 Å². The van der Waals surface area contributed by atoms with Crippen LogP contribution in [0.1, 0.15) is 24.4 Å². The Labute approximate surface area is 99.5 Å². The average Bonchev–Trinajstić information content (AvgIpc) is 2.25. The molecule has 0 bridgehead atoms. The molecule has 0 amide bonds. The minimum Gasteiger partial charge on any atom is -0.324 e. The van der Waals surface area contributed by atoms with E-state index in [1.807, 2.05) is 0 Å². The lowest BCUT2D eigenvalue weighted by Crippen LogP contribution is -2.17. The molecule has 0 saturated heterocycles. The van der Waals surface area contributed by atoms with Gasteiger partial charge in [-0.2, -0.15) is 13.2 Å². The minimum atomic E-state index is -4.39. The molecule has 0 saturated carbocycles. The van der Waals surface area contributed by atoms with Crippen molar-refractivity contribution in [1.29, 1.82) is 0 Å². The third kappa shape index (κ3) is 3.95. The molecule has 0 fully saturated rings. The van der Waals surface area contributed by atoms with Crippen molar-refractivity contribution in [2.45, 2.75) is 25.1 Å². The predicted molar refractivity (Wildman–Crippen MR) is 55.3 cm³/mol. The molecule has 18 heavy (non-hydrogen) atoms. The number of non-ortho nitro benzene ring substituents is 1. The molecular formula is C10H10F4N2O2. The van der Waals surface area contributed by atoms with Crippen molar-refractivity contribution in [3.63, 3.8) is 0 Å². The zero-order valence-corrected chi connectivity index (χ0v) is 9.08. The number of alkyl halides is 3. The van der Waals surface area contributed by atoms with E-state index >= 15 is 0 Å². The molecule has 4 nitrogen and oxygen atoms in total. The number of nitro groups is 1. The summed E-state index contributed by atoms with van der Waals surface area (Å²) in [6, 6.07) is 1.37. The maximum Gasteiger partial charge on any atom is 0.389 e. The standard InChI is InChI=1S/C10H10F4N2O2/c11-8-2-1-6(16(17)18)5-7(8)9(15)3-4-10(12,13)14/h1-2,5,9H,3-4,15H2/t9-/m0/s1. The van der Waals surface area contributed by atoms with Gasteiger partial charge in [0.2, 0.25) is 0 Å². The van der Waals surface area contributed by atoms with Gasteiger partial charge in [-0.25, -0.2) is 4.39 Å². The monoisotopic (exact) mass is 266 g/mol. The number of nitrogens with zero attached hydrogens (tertiary/aromatic N) is 1. The van der Waals surface area contributed by atoms with Gasteiger partial charge in [0, 0.05) is 30.2 Å². The fraction of sp³-hybridized carbons (Fsp3) is 0.400. The molecule has 1 atom stereocenters. The van der Waals surface area contributed by atoms with Crippen molar-refractivity contribution >= 4 is 5.69 Å². The van der Waals surface area contributed by atoms with Crippen LogP contribution in [0.5, 0.6) is 0 Å². The molecule has 0 unspecified atom stereocenters. The molecule has 0 aliphatic carbocycles. The van der Waals surface area contributed by atoms with E-state index in [1.54, 1.807) is 0 Å². The highest BCUT2D eigenvalue weighted by atomic mass is 19.4. The van der Waals surface area contributed by atoms with Crippen LogP contribution in [0.3, 0.4) is 0 Å². The second kappa shape index (κ2) is 5.30. The predicted octanol–water partition coefficient (Wildman–Crippen LogP) is 3.08. The summed E-state index contributed by atoms with van der Waals surface area (Å²) < 4.78 is 49.3. The van der Waals surface area contributed by atoms with E-state index in [0.717, 1.165) is 18.2 Å². The van der Waals surface area contributed by atoms with Gasteiger partial charge < -0.3 is 5.73 Å². The summed E-state index contributed by atoms with van der Waals surface area (Å²) in [5.41, 5.74) is 4.72. The van der Waals surface area contributed by atoms with Crippen molar-refractivity contribution in [3.8, 4) is 0 Å². The van der Waals surface area contributed by atoms with Gasteiger partial charge in [-0.1, -0.05) is 0 Å². The molecule has 0 aromatic heterocycles. The molecule has 0 heterocycles. The van der Waals surface area contributed by atoms with Crippen LogP contribution in [0, 0.1) is 15.9 Å². The zero-order valence-electron chi connectivity index (χ0n) is 9.08. The van der Waals surface area contributed by atoms with Gasteiger partial charge in [-0.05, 0) is 12.5 Å². The molecule has 2 N–H and O–H groups in total. The molecular weight excluding hydrogens is 256 g/mol. The second-order valence-electron chi connectivity index (χ2n) is 3.72. The highest BCUT2D eigenvalue weighted by molar-refractivity contribution is 5.36. The Bertz CT molecular complexity index is 448. The van der Waals surface area contributed by atoms with Gasteiger partial charge >= 0.3 is 6.18 Å². The van der Waals surface area contributed by atoms with Crippen molar-refractivity contribution in [1.82, 2.24) is 0 Å². The number of hydrogen-bond acceptors (Lipinski definition) is 3. The Morgan fingerprint density at radius 2 is 2.00 bits per heavy atom. The summed E-state index contributed by atoms with van der Waals surface area (Å²) in [4.78, 5) is 9.70. The number of rotatable bonds is 4. The molecule has 0 aliphatic heterocycles. The molecule has 1 aromatic rings. The fourth-order valence-electron chi connectivity index (χ4n) is 1.40. The topological polar surface area (TPSA) is 69.2 Å². The lowest BCUT2D eigenvalue weighted by molar-refractivity contribution is -0.385. The molecule has 1 aromatic carbocycles. The quantitative estimate of drug-likeness (QED) is 0.517. The Hall–Kier alpha value is -1.70. The summed E-state index contributed by atoms with van der Waals surface area (Å²) >= 11 is 0. The summed E-state index contributed by atoms with van der Waals surface area (Å²) in [5, 5.41) is 10.5. The third-order valence-corrected chi connectivity index (χ3v) is 2.33. The molecule has 0 aliphatic rings. The Balaban J connectivity index is 2.87. The number of halogens is 4. The summed E-state index contributed by atoms with van der Waals surface area (Å²) in [7, 11) is 0. The Kier molecular flexibility index (Phi) is 4.23. The van der Waals surface area contributed by atoms with Gasteiger partial charge in [0.25, 0.3) is 5.69 Å². The van der Waals surface area contributed by atoms with E-state index in [1.165, 1.54) is 0 Å². The van der Waals surface area contributed by atoms with Crippen molar-refractivity contribution in [2.24, 2.45) is 5.73 Å². The largest absolute Gasteiger partial charge is 0.389 e. The first-order valence-corrected chi connectivity index (χ1v) is 4.97. The molecule has 8 heteroatoms. The molecule has 0 spiro atoms. The van der Waals surface area contributed by atoms with Crippen LogP contribution in [0.25, 0.3) is 0 Å². The third-order valence-electron chi connectivity index (χ3n) is 2.33. The van der Waals surface area contributed by atoms with Gasteiger partial charge in [0.1, 0.15) is 5.82 Å². The van der Waals surface area contributed by atoms with Gasteiger partial charge in [0.15, 0.2) is 0 Å². The second-order valence-corrected chi connectivity index (χ2v) is 3.72. The van der Waals surface area contributed by atoms with E-state index in [0.29, 0.717) is 0 Å². The summed E-state index contributed by atoms with van der Waals surface area (Å²) in [6.45, 7) is 0.